The highest BCUT2D eigenvalue weighted by Gasteiger charge is 2.56. The Morgan fingerprint density at radius 2 is 1.84 bits per heavy atom. The normalized spacial score (nSPS) is 23.4. The van der Waals surface area contributed by atoms with Gasteiger partial charge in [-0.25, -0.2) is 9.97 Å². The number of piperidine rings is 1. The van der Waals surface area contributed by atoms with E-state index in [4.69, 9.17) is 15.0 Å². The van der Waals surface area contributed by atoms with E-state index in [1.807, 2.05) is 36.7 Å². The molecular weight excluding hydrogens is 404 g/mol. The number of aromatic nitrogens is 4. The Bertz CT molecular complexity index is 1000. The molecule has 0 unspecified atom stereocenters. The van der Waals surface area contributed by atoms with Crippen LogP contribution in [0.5, 0.6) is 0 Å². The molecule has 8 nitrogen and oxygen atoms in total. The van der Waals surface area contributed by atoms with E-state index in [1.54, 1.807) is 0 Å². The third-order valence-electron chi connectivity index (χ3n) is 6.99. The number of anilines is 1. The van der Waals surface area contributed by atoms with Crippen LogP contribution in [-0.2, 0) is 17.8 Å². The van der Waals surface area contributed by atoms with Crippen LogP contribution in [0.25, 0.3) is 11.5 Å². The average molecular weight is 435 g/mol. The van der Waals surface area contributed by atoms with E-state index in [1.165, 1.54) is 11.9 Å². The number of nitrogens with zero attached hydrogens (tertiary/aromatic N) is 5. The van der Waals surface area contributed by atoms with Crippen molar-refractivity contribution in [3.05, 3.63) is 54.1 Å². The highest BCUT2D eigenvalue weighted by molar-refractivity contribution is 5.52. The average Bonchev–Trinajstić information content (AvgIpc) is 3.23. The zero-order chi connectivity index (χ0) is 22.0. The molecule has 0 bridgehead atoms. The quantitative estimate of drug-likeness (QED) is 0.576. The predicted molar refractivity (Wildman–Crippen MR) is 121 cm³/mol. The summed E-state index contributed by atoms with van der Waals surface area (Å²) in [4.78, 5) is 15.4. The second-order valence-electron chi connectivity index (χ2n) is 8.98. The van der Waals surface area contributed by atoms with Crippen LogP contribution in [0.2, 0.25) is 0 Å². The van der Waals surface area contributed by atoms with Gasteiger partial charge in [0.25, 0.3) is 5.89 Å². The lowest BCUT2D eigenvalue weighted by atomic mass is 9.86. The smallest absolute Gasteiger partial charge is 0.257 e. The van der Waals surface area contributed by atoms with E-state index < -0.39 is 0 Å². The van der Waals surface area contributed by atoms with Crippen LogP contribution in [-0.4, -0.2) is 45.3 Å². The number of aryl methyl sites for hydroxylation is 1. The summed E-state index contributed by atoms with van der Waals surface area (Å²) in [6, 6.07) is 8.02. The molecule has 3 aromatic rings. The molecule has 1 saturated heterocycles. The van der Waals surface area contributed by atoms with Gasteiger partial charge >= 0.3 is 0 Å². The van der Waals surface area contributed by atoms with Crippen molar-refractivity contribution in [2.45, 2.75) is 44.8 Å². The molecule has 1 aliphatic carbocycles. The lowest BCUT2D eigenvalue weighted by molar-refractivity contribution is 0.101. The van der Waals surface area contributed by atoms with Crippen LogP contribution < -0.4 is 10.6 Å². The first-order chi connectivity index (χ1) is 15.7. The Labute approximate surface area is 188 Å². The van der Waals surface area contributed by atoms with E-state index in [2.05, 4.69) is 31.9 Å². The fraction of sp³-hybridized carbons (Fsp3) is 0.500. The summed E-state index contributed by atoms with van der Waals surface area (Å²) in [5.41, 5.74) is 9.91. The predicted octanol–water partition coefficient (Wildman–Crippen LogP) is 3.24. The SMILES string of the molecule is CCc1cnc(N2CCC([C@@]3(N)C[C@H]3COCc3ccc(-c4ncno4)cc3)CC2)nc1. The highest BCUT2D eigenvalue weighted by atomic mass is 16.5. The van der Waals surface area contributed by atoms with Gasteiger partial charge < -0.3 is 19.9 Å². The maximum atomic E-state index is 6.79. The number of hydrogen-bond acceptors (Lipinski definition) is 8. The van der Waals surface area contributed by atoms with Gasteiger partial charge in [-0.05, 0) is 54.9 Å². The second kappa shape index (κ2) is 8.96. The number of nitrogens with two attached hydrogens (primary N) is 1. The van der Waals surface area contributed by atoms with Crippen molar-refractivity contribution >= 4 is 5.95 Å². The van der Waals surface area contributed by atoms with E-state index in [-0.39, 0.29) is 5.54 Å². The lowest BCUT2D eigenvalue weighted by Gasteiger charge is -2.35. The Morgan fingerprint density at radius 1 is 1.09 bits per heavy atom. The molecule has 3 heterocycles. The maximum Gasteiger partial charge on any atom is 0.257 e. The first kappa shape index (κ1) is 21.0. The number of ether oxygens (including phenoxy) is 1. The summed E-state index contributed by atoms with van der Waals surface area (Å²) >= 11 is 0. The van der Waals surface area contributed by atoms with Crippen molar-refractivity contribution in [3.8, 4) is 11.5 Å². The summed E-state index contributed by atoms with van der Waals surface area (Å²) in [5.74, 6) is 2.35. The van der Waals surface area contributed by atoms with Crippen molar-refractivity contribution in [2.75, 3.05) is 24.6 Å². The van der Waals surface area contributed by atoms with Crippen molar-refractivity contribution < 1.29 is 9.26 Å². The molecule has 0 spiro atoms. The van der Waals surface area contributed by atoms with Crippen molar-refractivity contribution in [1.29, 1.82) is 0 Å². The molecule has 5 rings (SSSR count). The van der Waals surface area contributed by atoms with Crippen LogP contribution in [0.4, 0.5) is 5.95 Å². The first-order valence-electron chi connectivity index (χ1n) is 11.4. The molecule has 0 radical (unpaired) electrons. The first-order valence-corrected chi connectivity index (χ1v) is 11.4. The summed E-state index contributed by atoms with van der Waals surface area (Å²) in [5, 5.41) is 3.64. The van der Waals surface area contributed by atoms with Gasteiger partial charge in [-0.1, -0.05) is 24.2 Å². The van der Waals surface area contributed by atoms with Gasteiger partial charge in [-0.15, -0.1) is 0 Å². The zero-order valence-corrected chi connectivity index (χ0v) is 18.5. The van der Waals surface area contributed by atoms with Crippen LogP contribution in [0.3, 0.4) is 0 Å². The molecular formula is C24H30N6O2. The van der Waals surface area contributed by atoms with Gasteiger partial charge in [0.2, 0.25) is 5.95 Å². The number of hydrogen-bond donors (Lipinski definition) is 1. The molecule has 168 valence electrons. The number of rotatable bonds is 8. The monoisotopic (exact) mass is 434 g/mol. The molecule has 2 aromatic heterocycles. The molecule has 8 heteroatoms. The van der Waals surface area contributed by atoms with Crippen molar-refractivity contribution in [3.63, 3.8) is 0 Å². The summed E-state index contributed by atoms with van der Waals surface area (Å²) in [6.45, 7) is 5.35. The molecule has 2 atom stereocenters. The fourth-order valence-electron chi connectivity index (χ4n) is 4.76. The highest BCUT2D eigenvalue weighted by Crippen LogP contribution is 2.50. The molecule has 2 aliphatic rings. The minimum absolute atomic E-state index is 0.0825. The van der Waals surface area contributed by atoms with Gasteiger partial charge in [0.1, 0.15) is 0 Å². The summed E-state index contributed by atoms with van der Waals surface area (Å²) in [7, 11) is 0. The molecule has 0 amide bonds. The van der Waals surface area contributed by atoms with Gasteiger partial charge in [0.15, 0.2) is 6.33 Å². The largest absolute Gasteiger partial charge is 0.376 e. The second-order valence-corrected chi connectivity index (χ2v) is 8.98. The third-order valence-corrected chi connectivity index (χ3v) is 6.99. The van der Waals surface area contributed by atoms with E-state index in [0.29, 0.717) is 30.9 Å². The molecule has 2 fully saturated rings. The molecule has 1 aromatic carbocycles. The Morgan fingerprint density at radius 3 is 2.50 bits per heavy atom. The summed E-state index contributed by atoms with van der Waals surface area (Å²) in [6.07, 6.45) is 9.47. The van der Waals surface area contributed by atoms with Crippen LogP contribution in [0.15, 0.2) is 47.5 Å². The van der Waals surface area contributed by atoms with E-state index in [0.717, 1.165) is 55.8 Å². The minimum atomic E-state index is -0.0825. The van der Waals surface area contributed by atoms with Gasteiger partial charge in [-0.2, -0.15) is 4.98 Å². The molecule has 1 aliphatic heterocycles. The number of benzene rings is 1. The van der Waals surface area contributed by atoms with E-state index in [9.17, 15) is 0 Å². The molecule has 2 N–H and O–H groups in total. The van der Waals surface area contributed by atoms with Crippen molar-refractivity contribution in [2.24, 2.45) is 17.6 Å². The molecule has 32 heavy (non-hydrogen) atoms. The molecule has 1 saturated carbocycles. The summed E-state index contributed by atoms with van der Waals surface area (Å²) < 4.78 is 11.1. The van der Waals surface area contributed by atoms with E-state index >= 15 is 0 Å². The Balaban J connectivity index is 1.07. The van der Waals surface area contributed by atoms with Crippen molar-refractivity contribution in [1.82, 2.24) is 20.1 Å². The third kappa shape index (κ3) is 4.38. The van der Waals surface area contributed by atoms with Crippen LogP contribution >= 0.6 is 0 Å². The fourth-order valence-corrected chi connectivity index (χ4v) is 4.76. The Kier molecular flexibility index (Phi) is 5.89. The minimum Gasteiger partial charge on any atom is -0.376 e. The lowest BCUT2D eigenvalue weighted by Crippen LogP contribution is -2.44. The van der Waals surface area contributed by atoms with Gasteiger partial charge in [0, 0.05) is 42.5 Å². The Hall–Kier alpha value is -2.84. The maximum absolute atomic E-state index is 6.79. The van der Waals surface area contributed by atoms with Gasteiger partial charge in [0.05, 0.1) is 13.2 Å². The van der Waals surface area contributed by atoms with Crippen LogP contribution in [0, 0.1) is 11.8 Å². The standard InChI is InChI=1S/C24H30N6O2/c1-2-17-12-26-23(27-13-17)30-9-7-20(8-10-30)24(25)11-21(24)15-31-14-18-3-5-19(6-4-18)22-28-16-29-32-22/h3-6,12-13,16,20-21H,2,7-11,14-15,25H2,1H3/t21-,24-/m0/s1. The zero-order valence-electron chi connectivity index (χ0n) is 18.5. The van der Waals surface area contributed by atoms with Crippen LogP contribution in [0.1, 0.15) is 37.3 Å². The van der Waals surface area contributed by atoms with Gasteiger partial charge in [-0.3, -0.25) is 0 Å². The topological polar surface area (TPSA) is 103 Å².